The lowest BCUT2D eigenvalue weighted by molar-refractivity contribution is 0.144. The van der Waals surface area contributed by atoms with Gasteiger partial charge in [0.2, 0.25) is 5.88 Å². The van der Waals surface area contributed by atoms with Crippen molar-refractivity contribution in [2.24, 2.45) is 0 Å². The lowest BCUT2D eigenvalue weighted by Crippen LogP contribution is -2.50. The van der Waals surface area contributed by atoms with Crippen LogP contribution in [-0.4, -0.2) is 41.1 Å². The number of ether oxygens (including phenoxy) is 1. The lowest BCUT2D eigenvalue weighted by atomic mass is 9.70. The first-order chi connectivity index (χ1) is 15.3. The smallest absolute Gasteiger partial charge is 0.222 e. The van der Waals surface area contributed by atoms with Crippen LogP contribution in [0.1, 0.15) is 36.6 Å². The Labute approximate surface area is 184 Å². The summed E-state index contributed by atoms with van der Waals surface area (Å²) in [6.07, 6.45) is 4.10. The average molecular weight is 415 g/mol. The second-order valence-electron chi connectivity index (χ2n) is 8.63. The van der Waals surface area contributed by atoms with Gasteiger partial charge in [-0.25, -0.2) is 4.98 Å². The van der Waals surface area contributed by atoms with Crippen LogP contribution in [0.15, 0.2) is 60.8 Å². The van der Waals surface area contributed by atoms with E-state index in [2.05, 4.69) is 57.7 Å². The van der Waals surface area contributed by atoms with Gasteiger partial charge in [-0.15, -0.1) is 0 Å². The highest BCUT2D eigenvalue weighted by molar-refractivity contribution is 5.65. The van der Waals surface area contributed by atoms with Crippen LogP contribution in [0.25, 0.3) is 11.3 Å². The molecule has 3 aromatic rings. The topological polar surface area (TPSA) is 50.3 Å². The van der Waals surface area contributed by atoms with Crippen LogP contribution in [0, 0.1) is 0 Å². The third-order valence-corrected chi connectivity index (χ3v) is 6.69. The number of likely N-dealkylation sites (tertiary alicyclic amines) is 1. The summed E-state index contributed by atoms with van der Waals surface area (Å²) in [4.78, 5) is 12.1. The number of piperidine rings is 1. The van der Waals surface area contributed by atoms with Gasteiger partial charge in [0.05, 0.1) is 23.6 Å². The average Bonchev–Trinajstić information content (AvgIpc) is 2.82. The quantitative estimate of drug-likeness (QED) is 0.679. The molecule has 5 nitrogen and oxygen atoms in total. The molecule has 5 heteroatoms. The summed E-state index contributed by atoms with van der Waals surface area (Å²) >= 11 is 0. The summed E-state index contributed by atoms with van der Waals surface area (Å²) in [6, 6.07) is 19.3. The molecule has 1 spiro atoms. The lowest BCUT2D eigenvalue weighted by Gasteiger charge is -2.45. The molecule has 31 heavy (non-hydrogen) atoms. The van der Waals surface area contributed by atoms with Crippen molar-refractivity contribution in [3.05, 3.63) is 77.6 Å². The zero-order chi connectivity index (χ0) is 21.1. The Balaban J connectivity index is 1.37. The summed E-state index contributed by atoms with van der Waals surface area (Å²) < 4.78 is 5.73. The SMILES string of the molecule is CCOc1ncccc1-c1ccc2c(n1)CNCC21CCN(Cc2ccccc2)CC1. The monoisotopic (exact) mass is 414 g/mol. The zero-order valence-electron chi connectivity index (χ0n) is 18.2. The molecule has 0 unspecified atom stereocenters. The fourth-order valence-electron chi connectivity index (χ4n) is 5.05. The van der Waals surface area contributed by atoms with Gasteiger partial charge in [0.25, 0.3) is 0 Å². The molecule has 0 amide bonds. The highest BCUT2D eigenvalue weighted by Crippen LogP contribution is 2.40. The Morgan fingerprint density at radius 2 is 1.87 bits per heavy atom. The summed E-state index contributed by atoms with van der Waals surface area (Å²) in [5.41, 5.74) is 6.08. The molecule has 5 rings (SSSR count). The van der Waals surface area contributed by atoms with E-state index in [0.29, 0.717) is 12.5 Å². The van der Waals surface area contributed by atoms with Gasteiger partial charge in [0.15, 0.2) is 0 Å². The number of nitrogens with one attached hydrogen (secondary N) is 1. The maximum Gasteiger partial charge on any atom is 0.222 e. The van der Waals surface area contributed by atoms with Crippen molar-refractivity contribution in [1.29, 1.82) is 0 Å². The van der Waals surface area contributed by atoms with Crippen LogP contribution in [0.5, 0.6) is 5.88 Å². The Hall–Kier alpha value is -2.76. The summed E-state index contributed by atoms with van der Waals surface area (Å²) in [7, 11) is 0. The normalized spacial score (nSPS) is 18.0. The Kier molecular flexibility index (Phi) is 5.70. The van der Waals surface area contributed by atoms with E-state index in [0.717, 1.165) is 56.8 Å². The summed E-state index contributed by atoms with van der Waals surface area (Å²) in [5.74, 6) is 0.658. The molecule has 1 fully saturated rings. The molecule has 2 aliphatic heterocycles. The van der Waals surface area contributed by atoms with E-state index in [-0.39, 0.29) is 5.41 Å². The standard InChI is InChI=1S/C26H30N4O/c1-2-31-25-21(9-6-14-28-25)23-11-10-22-24(29-23)17-27-19-26(22)12-15-30(16-13-26)18-20-7-4-3-5-8-20/h3-11,14,27H,2,12-13,15-19H2,1H3. The van der Waals surface area contributed by atoms with E-state index < -0.39 is 0 Å². The molecule has 0 aliphatic carbocycles. The number of hydrogen-bond acceptors (Lipinski definition) is 5. The maximum absolute atomic E-state index is 5.73. The Morgan fingerprint density at radius 3 is 2.68 bits per heavy atom. The molecule has 0 saturated carbocycles. The third kappa shape index (κ3) is 4.08. The zero-order valence-corrected chi connectivity index (χ0v) is 18.2. The number of hydrogen-bond donors (Lipinski definition) is 1. The van der Waals surface area contributed by atoms with Gasteiger partial charge in [0, 0.05) is 31.2 Å². The number of nitrogens with zero attached hydrogens (tertiary/aromatic N) is 3. The van der Waals surface area contributed by atoms with Crippen molar-refractivity contribution in [2.75, 3.05) is 26.2 Å². The van der Waals surface area contributed by atoms with E-state index in [1.165, 1.54) is 16.8 Å². The van der Waals surface area contributed by atoms with Crippen molar-refractivity contribution in [2.45, 2.75) is 38.3 Å². The molecular weight excluding hydrogens is 384 g/mol. The predicted molar refractivity (Wildman–Crippen MR) is 123 cm³/mol. The van der Waals surface area contributed by atoms with Gasteiger partial charge < -0.3 is 10.1 Å². The minimum atomic E-state index is 0.185. The second kappa shape index (κ2) is 8.77. The van der Waals surface area contributed by atoms with Crippen LogP contribution in [0.4, 0.5) is 0 Å². The molecule has 2 aliphatic rings. The van der Waals surface area contributed by atoms with Crippen molar-refractivity contribution in [1.82, 2.24) is 20.2 Å². The molecule has 1 N–H and O–H groups in total. The predicted octanol–water partition coefficient (Wildman–Crippen LogP) is 4.18. The van der Waals surface area contributed by atoms with E-state index >= 15 is 0 Å². The molecule has 0 atom stereocenters. The minimum absolute atomic E-state index is 0.185. The minimum Gasteiger partial charge on any atom is -0.477 e. The molecule has 1 saturated heterocycles. The van der Waals surface area contributed by atoms with Gasteiger partial charge in [-0.05, 0) is 62.2 Å². The van der Waals surface area contributed by atoms with Crippen molar-refractivity contribution < 1.29 is 4.74 Å². The molecule has 2 aromatic heterocycles. The largest absolute Gasteiger partial charge is 0.477 e. The highest BCUT2D eigenvalue weighted by Gasteiger charge is 2.40. The number of fused-ring (bicyclic) bond motifs is 2. The first-order valence-corrected chi connectivity index (χ1v) is 11.3. The molecule has 0 radical (unpaired) electrons. The molecule has 0 bridgehead atoms. The molecule has 1 aromatic carbocycles. The van der Waals surface area contributed by atoms with Crippen LogP contribution in [0.2, 0.25) is 0 Å². The van der Waals surface area contributed by atoms with Gasteiger partial charge in [0.1, 0.15) is 0 Å². The molecular formula is C26H30N4O. The van der Waals surface area contributed by atoms with Crippen molar-refractivity contribution >= 4 is 0 Å². The van der Waals surface area contributed by atoms with E-state index in [1.54, 1.807) is 6.20 Å². The van der Waals surface area contributed by atoms with Gasteiger partial charge in [-0.1, -0.05) is 36.4 Å². The fraction of sp³-hybridized carbons (Fsp3) is 0.385. The summed E-state index contributed by atoms with van der Waals surface area (Å²) in [5, 5.41) is 3.66. The summed E-state index contributed by atoms with van der Waals surface area (Å²) in [6.45, 7) is 7.72. The fourth-order valence-corrected chi connectivity index (χ4v) is 5.05. The van der Waals surface area contributed by atoms with Gasteiger partial charge >= 0.3 is 0 Å². The molecule has 160 valence electrons. The van der Waals surface area contributed by atoms with Crippen molar-refractivity contribution in [3.8, 4) is 17.1 Å². The molecule has 4 heterocycles. The van der Waals surface area contributed by atoms with Crippen molar-refractivity contribution in [3.63, 3.8) is 0 Å². The van der Waals surface area contributed by atoms with Gasteiger partial charge in [-0.3, -0.25) is 9.88 Å². The first-order valence-electron chi connectivity index (χ1n) is 11.3. The first kappa shape index (κ1) is 20.2. The van der Waals surface area contributed by atoms with Gasteiger partial charge in [-0.2, -0.15) is 0 Å². The number of pyridine rings is 2. The van der Waals surface area contributed by atoms with E-state index in [4.69, 9.17) is 9.72 Å². The van der Waals surface area contributed by atoms with Crippen LogP contribution in [-0.2, 0) is 18.5 Å². The Bertz CT molecular complexity index is 1030. The van der Waals surface area contributed by atoms with Crippen LogP contribution < -0.4 is 10.1 Å². The maximum atomic E-state index is 5.73. The number of aromatic nitrogens is 2. The Morgan fingerprint density at radius 1 is 1.03 bits per heavy atom. The van der Waals surface area contributed by atoms with E-state index in [9.17, 15) is 0 Å². The second-order valence-corrected chi connectivity index (χ2v) is 8.63. The highest BCUT2D eigenvalue weighted by atomic mass is 16.5. The van der Waals surface area contributed by atoms with Crippen LogP contribution >= 0.6 is 0 Å². The van der Waals surface area contributed by atoms with Crippen LogP contribution in [0.3, 0.4) is 0 Å². The third-order valence-electron chi connectivity index (χ3n) is 6.69. The van der Waals surface area contributed by atoms with E-state index in [1.807, 2.05) is 19.1 Å². The number of benzene rings is 1. The number of rotatable bonds is 5.